The molecule has 2 aromatic carbocycles. The van der Waals surface area contributed by atoms with E-state index in [1.807, 2.05) is 0 Å². The topological polar surface area (TPSA) is 60.2 Å². The monoisotopic (exact) mass is 271 g/mol. The quantitative estimate of drug-likeness (QED) is 0.620. The van der Waals surface area contributed by atoms with Crippen molar-refractivity contribution in [1.82, 2.24) is 0 Å². The Morgan fingerprint density at radius 3 is 2.50 bits per heavy atom. The fourth-order valence-corrected chi connectivity index (χ4v) is 2.66. The van der Waals surface area contributed by atoms with Crippen LogP contribution in [-0.4, -0.2) is 10.7 Å². The molecule has 0 aliphatic heterocycles. The van der Waals surface area contributed by atoms with E-state index in [2.05, 4.69) is 0 Å². The van der Waals surface area contributed by atoms with Gasteiger partial charge in [-0.25, -0.2) is 4.39 Å². The molecule has 1 aliphatic rings. The molecule has 0 radical (unpaired) electrons. The van der Waals surface area contributed by atoms with Crippen LogP contribution in [0.5, 0.6) is 0 Å². The Morgan fingerprint density at radius 1 is 1.05 bits per heavy atom. The Kier molecular flexibility index (Phi) is 2.82. The second-order valence-corrected chi connectivity index (χ2v) is 4.65. The molecule has 0 N–H and O–H groups in total. The summed E-state index contributed by atoms with van der Waals surface area (Å²) < 4.78 is 14.1. The van der Waals surface area contributed by atoms with E-state index in [0.717, 1.165) is 0 Å². The summed E-state index contributed by atoms with van der Waals surface area (Å²) in [4.78, 5) is 22.2. The third kappa shape index (κ3) is 1.79. The van der Waals surface area contributed by atoms with Crippen LogP contribution in [0.1, 0.15) is 22.3 Å². The number of nitrogens with zero attached hydrogens (tertiary/aromatic N) is 1. The first-order chi connectivity index (χ1) is 9.59. The summed E-state index contributed by atoms with van der Waals surface area (Å²) in [5.74, 6) is -0.646. The summed E-state index contributed by atoms with van der Waals surface area (Å²) >= 11 is 0. The highest BCUT2D eigenvalue weighted by Gasteiger charge is 2.27. The molecule has 1 aliphatic carbocycles. The highest BCUT2D eigenvalue weighted by Crippen LogP contribution is 2.38. The maximum Gasteiger partial charge on any atom is 0.280 e. The van der Waals surface area contributed by atoms with Gasteiger partial charge < -0.3 is 0 Å². The Bertz CT molecular complexity index is 740. The minimum absolute atomic E-state index is 0.000780. The maximum atomic E-state index is 14.1. The molecule has 0 fully saturated rings. The van der Waals surface area contributed by atoms with Gasteiger partial charge in [0.1, 0.15) is 5.82 Å². The van der Waals surface area contributed by atoms with Crippen LogP contribution in [0.25, 0.3) is 11.1 Å². The van der Waals surface area contributed by atoms with E-state index in [0.29, 0.717) is 29.5 Å². The number of hydrogen-bond acceptors (Lipinski definition) is 3. The van der Waals surface area contributed by atoms with E-state index in [1.165, 1.54) is 18.2 Å². The molecule has 20 heavy (non-hydrogen) atoms. The van der Waals surface area contributed by atoms with Crippen molar-refractivity contribution in [3.8, 4) is 11.1 Å². The van der Waals surface area contributed by atoms with Gasteiger partial charge >= 0.3 is 0 Å². The summed E-state index contributed by atoms with van der Waals surface area (Å²) in [5.41, 5.74) is 1.37. The number of halogens is 1. The zero-order valence-electron chi connectivity index (χ0n) is 10.4. The predicted octanol–water partition coefficient (Wildman–Crippen LogP) is 3.53. The van der Waals surface area contributed by atoms with Gasteiger partial charge in [-0.3, -0.25) is 14.9 Å². The maximum absolute atomic E-state index is 14.1. The largest absolute Gasteiger partial charge is 0.294 e. The van der Waals surface area contributed by atoms with Crippen LogP contribution in [-0.2, 0) is 6.42 Å². The predicted molar refractivity (Wildman–Crippen MR) is 71.1 cm³/mol. The van der Waals surface area contributed by atoms with Gasteiger partial charge in [-0.15, -0.1) is 0 Å². The van der Waals surface area contributed by atoms with Crippen LogP contribution in [0, 0.1) is 15.9 Å². The standard InChI is InChI=1S/C15H10FNO3/c16-12-5-2-6-13(17(19)20)15(12)11-4-1-3-10-9(11)7-8-14(10)18/h1-6H,7-8H2. The third-order valence-corrected chi connectivity index (χ3v) is 3.54. The van der Waals surface area contributed by atoms with Gasteiger partial charge in [-0.05, 0) is 23.6 Å². The Labute approximate surface area is 114 Å². The lowest BCUT2D eigenvalue weighted by Gasteiger charge is -2.09. The van der Waals surface area contributed by atoms with Gasteiger partial charge in [0.15, 0.2) is 5.78 Å². The van der Waals surface area contributed by atoms with E-state index in [1.54, 1.807) is 18.2 Å². The number of rotatable bonds is 2. The van der Waals surface area contributed by atoms with Crippen LogP contribution in [0.4, 0.5) is 10.1 Å². The number of nitro groups is 1. The van der Waals surface area contributed by atoms with Crippen LogP contribution in [0.3, 0.4) is 0 Å². The number of hydrogen-bond donors (Lipinski definition) is 0. The molecule has 0 bridgehead atoms. The van der Waals surface area contributed by atoms with Crippen LogP contribution >= 0.6 is 0 Å². The molecular formula is C15H10FNO3. The molecule has 0 amide bonds. The average Bonchev–Trinajstić information content (AvgIpc) is 2.80. The smallest absolute Gasteiger partial charge is 0.280 e. The first-order valence-corrected chi connectivity index (χ1v) is 6.18. The molecule has 0 aromatic heterocycles. The number of ketones is 1. The van der Waals surface area contributed by atoms with Crippen molar-refractivity contribution in [3.05, 3.63) is 63.5 Å². The average molecular weight is 271 g/mol. The summed E-state index contributed by atoms with van der Waals surface area (Å²) in [7, 11) is 0. The van der Waals surface area contributed by atoms with Gasteiger partial charge in [0.05, 0.1) is 10.5 Å². The summed E-state index contributed by atoms with van der Waals surface area (Å²) in [6.45, 7) is 0. The van der Waals surface area contributed by atoms with Crippen molar-refractivity contribution >= 4 is 11.5 Å². The molecule has 0 heterocycles. The molecule has 4 nitrogen and oxygen atoms in total. The molecule has 0 spiro atoms. The zero-order chi connectivity index (χ0) is 14.3. The van der Waals surface area contributed by atoms with Crippen molar-refractivity contribution in [3.63, 3.8) is 0 Å². The summed E-state index contributed by atoms with van der Waals surface area (Å²) in [5, 5.41) is 11.1. The van der Waals surface area contributed by atoms with Gasteiger partial charge in [-0.1, -0.05) is 24.3 Å². The Morgan fingerprint density at radius 2 is 1.75 bits per heavy atom. The number of carbonyl (C=O) groups excluding carboxylic acids is 1. The number of carbonyl (C=O) groups is 1. The first kappa shape index (κ1) is 12.5. The van der Waals surface area contributed by atoms with E-state index >= 15 is 0 Å². The first-order valence-electron chi connectivity index (χ1n) is 6.18. The molecule has 3 rings (SSSR count). The van der Waals surface area contributed by atoms with Crippen molar-refractivity contribution in [2.75, 3.05) is 0 Å². The van der Waals surface area contributed by atoms with Gasteiger partial charge in [0, 0.05) is 18.1 Å². The second kappa shape index (κ2) is 4.52. The van der Waals surface area contributed by atoms with Crippen LogP contribution < -0.4 is 0 Å². The lowest BCUT2D eigenvalue weighted by molar-refractivity contribution is -0.384. The Balaban J connectivity index is 2.31. The van der Waals surface area contributed by atoms with Crippen molar-refractivity contribution in [2.45, 2.75) is 12.8 Å². The number of Topliss-reactive ketones (excluding diaryl/α,β-unsaturated/α-hetero) is 1. The van der Waals surface area contributed by atoms with Crippen molar-refractivity contribution in [2.24, 2.45) is 0 Å². The molecule has 0 unspecified atom stereocenters. The second-order valence-electron chi connectivity index (χ2n) is 4.65. The van der Waals surface area contributed by atoms with E-state index in [9.17, 15) is 19.3 Å². The highest BCUT2D eigenvalue weighted by atomic mass is 19.1. The summed E-state index contributed by atoms with van der Waals surface area (Å²) in [6, 6.07) is 8.72. The number of benzene rings is 2. The number of fused-ring (bicyclic) bond motifs is 1. The minimum Gasteiger partial charge on any atom is -0.294 e. The minimum atomic E-state index is -0.646. The zero-order valence-corrected chi connectivity index (χ0v) is 10.4. The molecule has 0 saturated heterocycles. The fourth-order valence-electron chi connectivity index (χ4n) is 2.66. The molecular weight excluding hydrogens is 261 g/mol. The van der Waals surface area contributed by atoms with Gasteiger partial charge in [0.25, 0.3) is 5.69 Å². The molecule has 100 valence electrons. The van der Waals surface area contributed by atoms with E-state index < -0.39 is 10.7 Å². The van der Waals surface area contributed by atoms with Crippen LogP contribution in [0.2, 0.25) is 0 Å². The molecule has 5 heteroatoms. The van der Waals surface area contributed by atoms with E-state index in [4.69, 9.17) is 0 Å². The van der Waals surface area contributed by atoms with Crippen LogP contribution in [0.15, 0.2) is 36.4 Å². The SMILES string of the molecule is O=C1CCc2c1cccc2-c1c(F)cccc1[N+](=O)[O-]. The lowest BCUT2D eigenvalue weighted by atomic mass is 9.95. The normalized spacial score (nSPS) is 13.3. The van der Waals surface area contributed by atoms with Gasteiger partial charge in [0.2, 0.25) is 0 Å². The van der Waals surface area contributed by atoms with Crippen molar-refractivity contribution < 1.29 is 14.1 Å². The van der Waals surface area contributed by atoms with Crippen molar-refractivity contribution in [1.29, 1.82) is 0 Å². The molecule has 2 aromatic rings. The fraction of sp³-hybridized carbons (Fsp3) is 0.133. The number of nitro benzene ring substituents is 1. The third-order valence-electron chi connectivity index (χ3n) is 3.54. The highest BCUT2D eigenvalue weighted by molar-refractivity contribution is 6.02. The summed E-state index contributed by atoms with van der Waals surface area (Å²) in [6.07, 6.45) is 0.866. The lowest BCUT2D eigenvalue weighted by Crippen LogP contribution is -1.98. The molecule has 0 saturated carbocycles. The molecule has 0 atom stereocenters. The van der Waals surface area contributed by atoms with Gasteiger partial charge in [-0.2, -0.15) is 0 Å². The Hall–Kier alpha value is -2.56. The van der Waals surface area contributed by atoms with E-state index in [-0.39, 0.29) is 17.0 Å².